The molecule has 1 aliphatic heterocycles. The Labute approximate surface area is 92.5 Å². The maximum Gasteiger partial charge on any atom is 0.150 e. The summed E-state index contributed by atoms with van der Waals surface area (Å²) in [5, 5.41) is 0. The summed E-state index contributed by atoms with van der Waals surface area (Å²) in [4.78, 5) is 0. The van der Waals surface area contributed by atoms with E-state index in [4.69, 9.17) is 5.84 Å². The van der Waals surface area contributed by atoms with E-state index < -0.39 is 9.84 Å². The molecule has 1 heterocycles. The molecule has 4 nitrogen and oxygen atoms in total. The van der Waals surface area contributed by atoms with Gasteiger partial charge in [0.1, 0.15) is 0 Å². The summed E-state index contributed by atoms with van der Waals surface area (Å²) in [7, 11) is -2.80. The van der Waals surface area contributed by atoms with Crippen molar-refractivity contribution in [2.75, 3.05) is 11.5 Å². The van der Waals surface area contributed by atoms with Crippen LogP contribution in [-0.2, 0) is 9.84 Å². The molecule has 5 heteroatoms. The highest BCUT2D eigenvalue weighted by Crippen LogP contribution is 2.28. The minimum Gasteiger partial charge on any atom is -0.271 e. The van der Waals surface area contributed by atoms with Crippen molar-refractivity contribution < 1.29 is 8.42 Å². The lowest BCUT2D eigenvalue weighted by molar-refractivity contribution is 0.262. The minimum absolute atomic E-state index is 0.150. The van der Waals surface area contributed by atoms with E-state index >= 15 is 0 Å². The molecule has 0 aromatic heterocycles. The maximum atomic E-state index is 11.4. The van der Waals surface area contributed by atoms with Gasteiger partial charge in [-0.1, -0.05) is 26.7 Å². The fourth-order valence-corrected chi connectivity index (χ4v) is 4.42. The van der Waals surface area contributed by atoms with Gasteiger partial charge in [-0.25, -0.2) is 8.42 Å². The number of hydrogen-bond acceptors (Lipinski definition) is 4. The molecule has 90 valence electrons. The zero-order valence-corrected chi connectivity index (χ0v) is 10.4. The monoisotopic (exact) mass is 234 g/mol. The molecule has 1 fully saturated rings. The Morgan fingerprint density at radius 2 is 2.00 bits per heavy atom. The lowest BCUT2D eigenvalue weighted by Crippen LogP contribution is -2.46. The zero-order chi connectivity index (χ0) is 11.5. The first-order valence-electron chi connectivity index (χ1n) is 5.70. The molecule has 15 heavy (non-hydrogen) atoms. The molecule has 2 unspecified atom stereocenters. The highest BCUT2D eigenvalue weighted by Gasteiger charge is 2.35. The van der Waals surface area contributed by atoms with Crippen LogP contribution in [0, 0.1) is 11.8 Å². The second-order valence-electron chi connectivity index (χ2n) is 4.43. The van der Waals surface area contributed by atoms with Gasteiger partial charge >= 0.3 is 0 Å². The van der Waals surface area contributed by atoms with E-state index in [1.165, 1.54) is 0 Å². The van der Waals surface area contributed by atoms with Crippen LogP contribution in [0.5, 0.6) is 0 Å². The first-order valence-corrected chi connectivity index (χ1v) is 7.52. The molecule has 0 saturated carbocycles. The van der Waals surface area contributed by atoms with Crippen LogP contribution in [0.15, 0.2) is 0 Å². The summed E-state index contributed by atoms with van der Waals surface area (Å²) in [6, 6.07) is 0.150. The van der Waals surface area contributed by atoms with Crippen LogP contribution in [0.4, 0.5) is 0 Å². The second-order valence-corrected chi connectivity index (χ2v) is 6.66. The standard InChI is InChI=1S/C10H22N2O2S/c1-3-8(4-2)10(12-11)9-5-6-15(13,14)7-9/h8-10,12H,3-7,11H2,1-2H3. The molecule has 0 spiro atoms. The van der Waals surface area contributed by atoms with Crippen molar-refractivity contribution in [3.05, 3.63) is 0 Å². The van der Waals surface area contributed by atoms with Crippen molar-refractivity contribution in [2.24, 2.45) is 17.7 Å². The third kappa shape index (κ3) is 3.16. The van der Waals surface area contributed by atoms with Gasteiger partial charge in [-0.3, -0.25) is 11.3 Å². The van der Waals surface area contributed by atoms with E-state index in [-0.39, 0.29) is 12.0 Å². The lowest BCUT2D eigenvalue weighted by atomic mass is 9.85. The van der Waals surface area contributed by atoms with E-state index in [1.54, 1.807) is 0 Å². The molecule has 0 aromatic carbocycles. The molecular formula is C10H22N2O2S. The molecule has 1 aliphatic rings. The molecule has 1 saturated heterocycles. The third-order valence-corrected chi connectivity index (χ3v) is 5.32. The van der Waals surface area contributed by atoms with Crippen LogP contribution < -0.4 is 11.3 Å². The van der Waals surface area contributed by atoms with E-state index in [1.807, 2.05) is 0 Å². The zero-order valence-electron chi connectivity index (χ0n) is 9.57. The summed E-state index contributed by atoms with van der Waals surface area (Å²) in [5.41, 5.74) is 2.82. The van der Waals surface area contributed by atoms with Crippen molar-refractivity contribution in [2.45, 2.75) is 39.2 Å². The third-order valence-electron chi connectivity index (χ3n) is 3.52. The summed E-state index contributed by atoms with van der Waals surface area (Å²) in [6.07, 6.45) is 2.84. The van der Waals surface area contributed by atoms with Crippen molar-refractivity contribution in [3.8, 4) is 0 Å². The van der Waals surface area contributed by atoms with Gasteiger partial charge in [0.2, 0.25) is 0 Å². The van der Waals surface area contributed by atoms with Gasteiger partial charge in [0.15, 0.2) is 9.84 Å². The van der Waals surface area contributed by atoms with Gasteiger partial charge in [-0.15, -0.1) is 0 Å². The van der Waals surface area contributed by atoms with Crippen LogP contribution >= 0.6 is 0 Å². The molecular weight excluding hydrogens is 212 g/mol. The van der Waals surface area contributed by atoms with Crippen molar-refractivity contribution in [1.29, 1.82) is 0 Å². The Morgan fingerprint density at radius 1 is 1.40 bits per heavy atom. The second kappa shape index (κ2) is 5.27. The first kappa shape index (κ1) is 12.9. The Kier molecular flexibility index (Phi) is 4.55. The SMILES string of the molecule is CCC(CC)C(NN)C1CCS(=O)(=O)C1. The molecule has 0 amide bonds. The van der Waals surface area contributed by atoms with E-state index in [9.17, 15) is 8.42 Å². The number of hydrazine groups is 1. The van der Waals surface area contributed by atoms with Gasteiger partial charge in [-0.05, 0) is 18.3 Å². The number of rotatable bonds is 5. The molecule has 1 rings (SSSR count). The van der Waals surface area contributed by atoms with Gasteiger partial charge < -0.3 is 0 Å². The molecule has 0 radical (unpaired) electrons. The number of sulfone groups is 1. The van der Waals surface area contributed by atoms with Crippen LogP contribution in [0.2, 0.25) is 0 Å². The molecule has 3 N–H and O–H groups in total. The highest BCUT2D eigenvalue weighted by molar-refractivity contribution is 7.91. The Hall–Kier alpha value is -0.130. The van der Waals surface area contributed by atoms with Crippen molar-refractivity contribution in [3.63, 3.8) is 0 Å². The summed E-state index contributed by atoms with van der Waals surface area (Å²) >= 11 is 0. The van der Waals surface area contributed by atoms with E-state index in [2.05, 4.69) is 19.3 Å². The number of nitrogens with two attached hydrogens (primary N) is 1. The van der Waals surface area contributed by atoms with Gasteiger partial charge in [-0.2, -0.15) is 0 Å². The average molecular weight is 234 g/mol. The predicted molar refractivity (Wildman–Crippen MR) is 61.9 cm³/mol. The van der Waals surface area contributed by atoms with Gasteiger partial charge in [0.25, 0.3) is 0 Å². The summed E-state index contributed by atoms with van der Waals surface area (Å²) < 4.78 is 22.8. The largest absolute Gasteiger partial charge is 0.271 e. The predicted octanol–water partition coefficient (Wildman–Crippen LogP) is 0.689. The molecule has 0 aromatic rings. The summed E-state index contributed by atoms with van der Waals surface area (Å²) in [5.74, 6) is 6.86. The van der Waals surface area contributed by atoms with Crippen LogP contribution in [0.3, 0.4) is 0 Å². The van der Waals surface area contributed by atoms with Crippen LogP contribution in [0.1, 0.15) is 33.1 Å². The van der Waals surface area contributed by atoms with Gasteiger partial charge in [0, 0.05) is 6.04 Å². The molecule has 0 bridgehead atoms. The average Bonchev–Trinajstić information content (AvgIpc) is 2.54. The normalized spacial score (nSPS) is 27.1. The maximum absolute atomic E-state index is 11.4. The fraction of sp³-hybridized carbons (Fsp3) is 1.00. The Bertz CT molecular complexity index is 286. The fourth-order valence-electron chi connectivity index (χ4n) is 2.56. The summed E-state index contributed by atoms with van der Waals surface area (Å²) in [6.45, 7) is 4.25. The van der Waals surface area contributed by atoms with Crippen molar-refractivity contribution in [1.82, 2.24) is 5.43 Å². The highest BCUT2D eigenvalue weighted by atomic mass is 32.2. The Balaban J connectivity index is 2.67. The van der Waals surface area contributed by atoms with Crippen LogP contribution in [0.25, 0.3) is 0 Å². The lowest BCUT2D eigenvalue weighted by Gasteiger charge is -2.29. The van der Waals surface area contributed by atoms with Crippen LogP contribution in [-0.4, -0.2) is 26.0 Å². The Morgan fingerprint density at radius 3 is 2.33 bits per heavy atom. The van der Waals surface area contributed by atoms with E-state index in [0.717, 1.165) is 19.3 Å². The minimum atomic E-state index is -2.80. The number of hydrogen-bond donors (Lipinski definition) is 2. The topological polar surface area (TPSA) is 72.2 Å². The molecule has 0 aliphatic carbocycles. The quantitative estimate of drug-likeness (QED) is 0.542. The molecule has 2 atom stereocenters. The van der Waals surface area contributed by atoms with Crippen molar-refractivity contribution >= 4 is 9.84 Å². The van der Waals surface area contributed by atoms with E-state index in [0.29, 0.717) is 17.4 Å². The smallest absolute Gasteiger partial charge is 0.150 e. The van der Waals surface area contributed by atoms with Gasteiger partial charge in [0.05, 0.1) is 11.5 Å². The number of nitrogens with one attached hydrogen (secondary N) is 1. The first-order chi connectivity index (χ1) is 7.04.